The molecule has 0 heterocycles. The van der Waals surface area contributed by atoms with Gasteiger partial charge in [0.25, 0.3) is 0 Å². The predicted octanol–water partition coefficient (Wildman–Crippen LogP) is 2.96. The van der Waals surface area contributed by atoms with Gasteiger partial charge in [0.15, 0.2) is 0 Å². The molecule has 1 aromatic rings. The Hall–Kier alpha value is -1.15. The Balaban J connectivity index is 3.09. The van der Waals surface area contributed by atoms with Gasteiger partial charge in [-0.25, -0.2) is 4.39 Å². The van der Waals surface area contributed by atoms with Crippen LogP contribution in [-0.4, -0.2) is 0 Å². The van der Waals surface area contributed by atoms with Gasteiger partial charge in [-0.2, -0.15) is 0 Å². The normalized spacial score (nSPS) is 12.5. The maximum atomic E-state index is 13.5. The maximum absolute atomic E-state index is 13.5. The summed E-state index contributed by atoms with van der Waals surface area (Å²) < 4.78 is 13.5. The quantitative estimate of drug-likeness (QED) is 0.731. The molecule has 1 nitrogen and oxygen atoms in total. The van der Waals surface area contributed by atoms with Crippen molar-refractivity contribution < 1.29 is 4.39 Å². The van der Waals surface area contributed by atoms with Gasteiger partial charge in [-0.15, -0.1) is 6.58 Å². The number of rotatable bonds is 4. The molecule has 0 radical (unpaired) electrons. The Morgan fingerprint density at radius 2 is 2.29 bits per heavy atom. The van der Waals surface area contributed by atoms with Crippen molar-refractivity contribution in [2.24, 2.45) is 5.73 Å². The fourth-order valence-electron chi connectivity index (χ4n) is 1.60. The minimum absolute atomic E-state index is 0.210. The number of halogens is 1. The van der Waals surface area contributed by atoms with Gasteiger partial charge < -0.3 is 5.73 Å². The van der Waals surface area contributed by atoms with E-state index in [-0.39, 0.29) is 11.9 Å². The molecule has 2 N–H and O–H groups in total. The largest absolute Gasteiger partial charge is 0.324 e. The lowest BCUT2D eigenvalue weighted by atomic mass is 9.96. The average molecular weight is 193 g/mol. The van der Waals surface area contributed by atoms with Crippen LogP contribution in [0, 0.1) is 5.82 Å². The molecule has 0 aliphatic heterocycles. The Bertz CT molecular complexity index is 320. The standard InChI is InChI=1S/C12H16FN/c1-3-6-11(14)12-9(4-2)7-5-8-10(12)13/h3,5,7-8,11H,1,4,6,14H2,2H3. The zero-order chi connectivity index (χ0) is 10.6. The van der Waals surface area contributed by atoms with Crippen LogP contribution in [0.4, 0.5) is 4.39 Å². The first-order valence-corrected chi connectivity index (χ1v) is 4.84. The van der Waals surface area contributed by atoms with E-state index in [0.29, 0.717) is 12.0 Å². The monoisotopic (exact) mass is 193 g/mol. The molecule has 0 bridgehead atoms. The highest BCUT2D eigenvalue weighted by molar-refractivity contribution is 5.31. The zero-order valence-electron chi connectivity index (χ0n) is 8.46. The van der Waals surface area contributed by atoms with Crippen LogP contribution in [0.2, 0.25) is 0 Å². The van der Waals surface area contributed by atoms with Gasteiger partial charge in [0.2, 0.25) is 0 Å². The van der Waals surface area contributed by atoms with Gasteiger partial charge in [-0.05, 0) is 24.5 Å². The Labute approximate surface area is 84.4 Å². The SMILES string of the molecule is C=CCC(N)c1c(F)cccc1CC. The number of benzene rings is 1. The van der Waals surface area contributed by atoms with E-state index in [2.05, 4.69) is 6.58 Å². The molecule has 1 rings (SSSR count). The second kappa shape index (κ2) is 4.91. The van der Waals surface area contributed by atoms with E-state index < -0.39 is 0 Å². The molecule has 1 unspecified atom stereocenters. The summed E-state index contributed by atoms with van der Waals surface area (Å²) in [5.74, 6) is -0.210. The fourth-order valence-corrected chi connectivity index (χ4v) is 1.60. The third-order valence-electron chi connectivity index (χ3n) is 2.32. The first kappa shape index (κ1) is 10.9. The van der Waals surface area contributed by atoms with E-state index in [1.54, 1.807) is 12.1 Å². The van der Waals surface area contributed by atoms with Crippen molar-refractivity contribution in [3.05, 3.63) is 47.8 Å². The summed E-state index contributed by atoms with van der Waals surface area (Å²) in [6.45, 7) is 5.61. The topological polar surface area (TPSA) is 26.0 Å². The van der Waals surface area contributed by atoms with Crippen LogP contribution in [0.3, 0.4) is 0 Å². The van der Waals surface area contributed by atoms with E-state index in [1.165, 1.54) is 6.07 Å². The molecular formula is C12H16FN. The minimum atomic E-state index is -0.274. The molecular weight excluding hydrogens is 177 g/mol. The van der Waals surface area contributed by atoms with Crippen LogP contribution in [0.1, 0.15) is 30.5 Å². The molecule has 0 saturated heterocycles. The van der Waals surface area contributed by atoms with Crippen LogP contribution in [0.25, 0.3) is 0 Å². The molecule has 0 aliphatic carbocycles. The lowest BCUT2D eigenvalue weighted by Gasteiger charge is -2.14. The van der Waals surface area contributed by atoms with Crippen LogP contribution >= 0.6 is 0 Å². The van der Waals surface area contributed by atoms with Crippen molar-refractivity contribution in [3.63, 3.8) is 0 Å². The van der Waals surface area contributed by atoms with E-state index >= 15 is 0 Å². The Morgan fingerprint density at radius 3 is 2.86 bits per heavy atom. The Morgan fingerprint density at radius 1 is 1.57 bits per heavy atom. The molecule has 0 saturated carbocycles. The molecule has 14 heavy (non-hydrogen) atoms. The second-order valence-electron chi connectivity index (χ2n) is 3.30. The molecule has 0 aliphatic rings. The third kappa shape index (κ3) is 2.20. The number of hydrogen-bond acceptors (Lipinski definition) is 1. The van der Waals surface area contributed by atoms with Gasteiger partial charge in [-0.1, -0.05) is 25.1 Å². The smallest absolute Gasteiger partial charge is 0.128 e. The molecule has 0 aromatic heterocycles. The van der Waals surface area contributed by atoms with Crippen molar-refractivity contribution >= 4 is 0 Å². The van der Waals surface area contributed by atoms with E-state index in [9.17, 15) is 4.39 Å². The summed E-state index contributed by atoms with van der Waals surface area (Å²) in [5.41, 5.74) is 7.49. The van der Waals surface area contributed by atoms with E-state index in [1.807, 2.05) is 13.0 Å². The summed E-state index contributed by atoms with van der Waals surface area (Å²) in [7, 11) is 0. The maximum Gasteiger partial charge on any atom is 0.128 e. The van der Waals surface area contributed by atoms with Crippen molar-refractivity contribution in [2.45, 2.75) is 25.8 Å². The van der Waals surface area contributed by atoms with Gasteiger partial charge in [0.1, 0.15) is 5.82 Å². The summed E-state index contributed by atoms with van der Waals surface area (Å²) >= 11 is 0. The third-order valence-corrected chi connectivity index (χ3v) is 2.32. The number of nitrogens with two attached hydrogens (primary N) is 1. The molecule has 76 valence electrons. The van der Waals surface area contributed by atoms with Crippen molar-refractivity contribution in [1.29, 1.82) is 0 Å². The minimum Gasteiger partial charge on any atom is -0.324 e. The zero-order valence-corrected chi connectivity index (χ0v) is 8.46. The first-order chi connectivity index (χ1) is 6.70. The number of hydrogen-bond donors (Lipinski definition) is 1. The van der Waals surface area contributed by atoms with Crippen LogP contribution in [-0.2, 0) is 6.42 Å². The molecule has 2 heteroatoms. The van der Waals surface area contributed by atoms with Gasteiger partial charge in [0.05, 0.1) is 0 Å². The lowest BCUT2D eigenvalue weighted by Crippen LogP contribution is -2.13. The Kier molecular flexibility index (Phi) is 3.84. The van der Waals surface area contributed by atoms with Gasteiger partial charge in [0, 0.05) is 11.6 Å². The molecule has 0 fully saturated rings. The van der Waals surface area contributed by atoms with Gasteiger partial charge >= 0.3 is 0 Å². The van der Waals surface area contributed by atoms with E-state index in [4.69, 9.17) is 5.73 Å². The summed E-state index contributed by atoms with van der Waals surface area (Å²) in [6, 6.07) is 4.82. The van der Waals surface area contributed by atoms with Crippen LogP contribution < -0.4 is 5.73 Å². The highest BCUT2D eigenvalue weighted by atomic mass is 19.1. The fraction of sp³-hybridized carbons (Fsp3) is 0.333. The summed E-state index contributed by atoms with van der Waals surface area (Å²) in [4.78, 5) is 0. The molecule has 1 atom stereocenters. The van der Waals surface area contributed by atoms with Crippen LogP contribution in [0.15, 0.2) is 30.9 Å². The van der Waals surface area contributed by atoms with Crippen molar-refractivity contribution in [2.75, 3.05) is 0 Å². The molecule has 1 aromatic carbocycles. The molecule has 0 spiro atoms. The average Bonchev–Trinajstić information content (AvgIpc) is 2.17. The van der Waals surface area contributed by atoms with Crippen molar-refractivity contribution in [3.8, 4) is 0 Å². The highest BCUT2D eigenvalue weighted by Gasteiger charge is 2.13. The number of aryl methyl sites for hydroxylation is 1. The first-order valence-electron chi connectivity index (χ1n) is 4.84. The highest BCUT2D eigenvalue weighted by Crippen LogP contribution is 2.22. The molecule has 0 amide bonds. The van der Waals surface area contributed by atoms with Crippen molar-refractivity contribution in [1.82, 2.24) is 0 Å². The summed E-state index contributed by atoms with van der Waals surface area (Å²) in [6.07, 6.45) is 3.13. The van der Waals surface area contributed by atoms with Gasteiger partial charge in [-0.3, -0.25) is 0 Å². The lowest BCUT2D eigenvalue weighted by molar-refractivity contribution is 0.578. The van der Waals surface area contributed by atoms with E-state index in [0.717, 1.165) is 12.0 Å². The predicted molar refractivity (Wildman–Crippen MR) is 57.5 cm³/mol. The second-order valence-corrected chi connectivity index (χ2v) is 3.30. The van der Waals surface area contributed by atoms with Crippen LogP contribution in [0.5, 0.6) is 0 Å². The summed E-state index contributed by atoms with van der Waals surface area (Å²) in [5, 5.41) is 0.